The smallest absolute Gasteiger partial charge is 0.420 e. The summed E-state index contributed by atoms with van der Waals surface area (Å²) in [6.45, 7) is 2.91. The number of nitrogens with one attached hydrogen (secondary N) is 1. The van der Waals surface area contributed by atoms with Crippen molar-refractivity contribution in [2.45, 2.75) is 57.8 Å². The molecule has 3 aromatic carbocycles. The number of hydrogen-bond acceptors (Lipinski definition) is 10. The minimum atomic E-state index is -4.71. The molecule has 0 amide bonds. The number of rotatable bonds is 17. The van der Waals surface area contributed by atoms with Gasteiger partial charge in [0.15, 0.2) is 0 Å². The molecular weight excluding hydrogens is 729 g/mol. The number of aliphatic carboxylic acids is 1. The molecule has 4 aromatic rings. The van der Waals surface area contributed by atoms with E-state index in [2.05, 4.69) is 15.2 Å². The summed E-state index contributed by atoms with van der Waals surface area (Å²) < 4.78 is 61.8. The van der Waals surface area contributed by atoms with Gasteiger partial charge >= 0.3 is 12.1 Å². The Morgan fingerprint density at radius 1 is 1.06 bits per heavy atom. The first-order valence-electron chi connectivity index (χ1n) is 17.2. The van der Waals surface area contributed by atoms with E-state index < -0.39 is 30.4 Å². The number of aliphatic hydroxyl groups excluding tert-OH is 2. The number of aromatic nitrogens is 1. The highest BCUT2D eigenvalue weighted by Gasteiger charge is 2.38. The number of likely N-dealkylation sites (tertiary alicyclic amines) is 1. The van der Waals surface area contributed by atoms with Crippen LogP contribution in [-0.2, 0) is 30.7 Å². The molecule has 2 heterocycles. The SMILES string of the molecule is Cc1c(COc2cc(OCc3cncc(C#N)c3)c(CNC(CO)C(=O)O)cc2Cl)cccc1-c1cccc(OCCCN2CCC(O)C2)c1C(F)(F)F. The van der Waals surface area contributed by atoms with Gasteiger partial charge in [-0.05, 0) is 60.2 Å². The van der Waals surface area contributed by atoms with Crippen LogP contribution in [0.5, 0.6) is 17.2 Å². The van der Waals surface area contributed by atoms with Gasteiger partial charge in [0.1, 0.15) is 48.1 Å². The van der Waals surface area contributed by atoms with Gasteiger partial charge in [0.05, 0.1) is 29.9 Å². The standard InChI is InChI=1S/C39H40ClF3N4O7/c1-24-27(5-2-6-30(24)31-7-3-8-34(37(31)39(41,42)43)52-12-4-10-47-11-9-29(49)20-47)23-54-36-15-35(53-22-26-13-25(16-44)17-45-18-26)28(14-32(36)40)19-46-33(21-48)38(50)51/h2-3,5-8,13-15,17-18,29,33,46,48-49H,4,9-12,19-23H2,1H3,(H,50,51). The number of nitrogens with zero attached hydrogens (tertiary/aromatic N) is 3. The Bertz CT molecular complexity index is 1970. The van der Waals surface area contributed by atoms with Gasteiger partial charge in [0, 0.05) is 55.8 Å². The zero-order chi connectivity index (χ0) is 38.8. The summed E-state index contributed by atoms with van der Waals surface area (Å²) in [4.78, 5) is 17.6. The molecule has 4 N–H and O–H groups in total. The average molecular weight is 769 g/mol. The maximum absolute atomic E-state index is 14.6. The van der Waals surface area contributed by atoms with E-state index in [-0.39, 0.29) is 60.3 Å². The van der Waals surface area contributed by atoms with Crippen LogP contribution >= 0.6 is 11.6 Å². The fraction of sp³-hybridized carbons (Fsp3) is 0.359. The van der Waals surface area contributed by atoms with Crippen molar-refractivity contribution >= 4 is 17.6 Å². The second-order valence-electron chi connectivity index (χ2n) is 12.8. The molecule has 0 aliphatic carbocycles. The second-order valence-corrected chi connectivity index (χ2v) is 13.2. The largest absolute Gasteiger partial charge is 0.493 e. The van der Waals surface area contributed by atoms with Crippen molar-refractivity contribution in [3.05, 3.63) is 105 Å². The fourth-order valence-corrected chi connectivity index (χ4v) is 6.39. The summed E-state index contributed by atoms with van der Waals surface area (Å²) in [7, 11) is 0. The number of hydrogen-bond donors (Lipinski definition) is 4. The Balaban J connectivity index is 1.37. The van der Waals surface area contributed by atoms with Gasteiger partial charge < -0.3 is 34.4 Å². The maximum atomic E-state index is 14.6. The molecule has 2 atom stereocenters. The van der Waals surface area contributed by atoms with Crippen molar-refractivity contribution in [1.82, 2.24) is 15.2 Å². The Labute approximate surface area is 315 Å². The zero-order valence-electron chi connectivity index (χ0n) is 29.4. The number of carboxylic acid groups (broad SMARTS) is 1. The van der Waals surface area contributed by atoms with Crippen LogP contribution in [0, 0.1) is 18.3 Å². The molecule has 11 nitrogen and oxygen atoms in total. The van der Waals surface area contributed by atoms with E-state index in [1.54, 1.807) is 31.2 Å². The van der Waals surface area contributed by atoms with Crippen LogP contribution in [0.2, 0.25) is 5.02 Å². The number of carbonyl (C=O) groups is 1. The van der Waals surface area contributed by atoms with Crippen LogP contribution in [0.1, 0.15) is 46.2 Å². The van der Waals surface area contributed by atoms with Crippen molar-refractivity contribution in [2.24, 2.45) is 0 Å². The quantitative estimate of drug-likeness (QED) is 0.0917. The molecule has 1 aliphatic rings. The van der Waals surface area contributed by atoms with Crippen LogP contribution in [0.3, 0.4) is 0 Å². The Hall–Kier alpha value is -4.91. The zero-order valence-corrected chi connectivity index (χ0v) is 30.2. The number of nitriles is 1. The monoisotopic (exact) mass is 768 g/mol. The summed E-state index contributed by atoms with van der Waals surface area (Å²) in [5.74, 6) is -1.06. The predicted molar refractivity (Wildman–Crippen MR) is 193 cm³/mol. The molecular formula is C39H40ClF3N4O7. The van der Waals surface area contributed by atoms with Crippen molar-refractivity contribution in [3.63, 3.8) is 0 Å². The minimum Gasteiger partial charge on any atom is -0.493 e. The van der Waals surface area contributed by atoms with Crippen molar-refractivity contribution < 1.29 is 47.5 Å². The molecule has 1 aromatic heterocycles. The average Bonchev–Trinajstić information content (AvgIpc) is 3.57. The van der Waals surface area contributed by atoms with Crippen LogP contribution in [0.25, 0.3) is 11.1 Å². The van der Waals surface area contributed by atoms with E-state index in [0.29, 0.717) is 59.3 Å². The van der Waals surface area contributed by atoms with Crippen LogP contribution in [0.15, 0.2) is 67.0 Å². The molecule has 0 saturated carbocycles. The summed E-state index contributed by atoms with van der Waals surface area (Å²) in [5, 5.41) is 40.7. The van der Waals surface area contributed by atoms with E-state index in [0.717, 1.165) is 6.54 Å². The lowest BCUT2D eigenvalue weighted by molar-refractivity contribution is -0.140. The summed E-state index contributed by atoms with van der Waals surface area (Å²) in [5.41, 5.74) is 1.95. The van der Waals surface area contributed by atoms with Crippen molar-refractivity contribution in [3.8, 4) is 34.4 Å². The van der Waals surface area contributed by atoms with E-state index in [1.807, 2.05) is 6.07 Å². The lowest BCUT2D eigenvalue weighted by atomic mass is 9.92. The Morgan fingerprint density at radius 2 is 1.81 bits per heavy atom. The minimum absolute atomic E-state index is 0.00694. The third kappa shape index (κ3) is 10.4. The molecule has 15 heteroatoms. The van der Waals surface area contributed by atoms with Gasteiger partial charge in [-0.1, -0.05) is 41.9 Å². The molecule has 1 aliphatic heterocycles. The Kier molecular flexibility index (Phi) is 13.7. The van der Waals surface area contributed by atoms with Gasteiger partial charge in [0.2, 0.25) is 0 Å². The van der Waals surface area contributed by atoms with E-state index in [9.17, 15) is 38.5 Å². The van der Waals surface area contributed by atoms with Crippen molar-refractivity contribution in [1.29, 1.82) is 5.26 Å². The summed E-state index contributed by atoms with van der Waals surface area (Å²) in [6, 6.07) is 14.7. The molecule has 0 spiro atoms. The molecule has 1 fully saturated rings. The van der Waals surface area contributed by atoms with Crippen LogP contribution in [0.4, 0.5) is 13.2 Å². The first kappa shape index (κ1) is 40.3. The molecule has 1 saturated heterocycles. The van der Waals surface area contributed by atoms with Gasteiger partial charge in [-0.2, -0.15) is 18.4 Å². The summed E-state index contributed by atoms with van der Waals surface area (Å²) >= 11 is 6.61. The number of halogens is 4. The molecule has 0 radical (unpaired) electrons. The predicted octanol–water partition coefficient (Wildman–Crippen LogP) is 6.13. The highest BCUT2D eigenvalue weighted by Crippen LogP contribution is 2.44. The number of β-amino-alcohol motifs (C(OH)–C–C–N with tert-alkyl or cyclic N) is 1. The van der Waals surface area contributed by atoms with Gasteiger partial charge in [-0.3, -0.25) is 15.1 Å². The lowest BCUT2D eigenvalue weighted by Gasteiger charge is -2.21. The van der Waals surface area contributed by atoms with E-state index in [1.165, 1.54) is 42.7 Å². The van der Waals surface area contributed by atoms with E-state index >= 15 is 0 Å². The topological polar surface area (TPSA) is 157 Å². The normalized spacial score (nSPS) is 15.1. The number of alkyl halides is 3. The molecule has 286 valence electrons. The number of carboxylic acids is 1. The molecule has 5 rings (SSSR count). The van der Waals surface area contributed by atoms with E-state index in [4.69, 9.17) is 25.8 Å². The van der Waals surface area contributed by atoms with Crippen LogP contribution < -0.4 is 19.5 Å². The third-order valence-electron chi connectivity index (χ3n) is 9.01. The fourth-order valence-electron chi connectivity index (χ4n) is 6.15. The number of aliphatic hydroxyl groups is 2. The summed E-state index contributed by atoms with van der Waals surface area (Å²) in [6.07, 6.45) is -0.968. The number of pyridine rings is 1. The molecule has 0 bridgehead atoms. The van der Waals surface area contributed by atoms with Gasteiger partial charge in [-0.25, -0.2) is 0 Å². The number of ether oxygens (including phenoxy) is 3. The lowest BCUT2D eigenvalue weighted by Crippen LogP contribution is -2.39. The maximum Gasteiger partial charge on any atom is 0.420 e. The Morgan fingerprint density at radius 3 is 2.52 bits per heavy atom. The molecule has 54 heavy (non-hydrogen) atoms. The highest BCUT2D eigenvalue weighted by molar-refractivity contribution is 6.32. The highest BCUT2D eigenvalue weighted by atomic mass is 35.5. The third-order valence-corrected chi connectivity index (χ3v) is 9.30. The first-order valence-corrected chi connectivity index (χ1v) is 17.6. The first-order chi connectivity index (χ1) is 25.9. The second kappa shape index (κ2) is 18.4. The van der Waals surface area contributed by atoms with Gasteiger partial charge in [-0.15, -0.1) is 0 Å². The van der Waals surface area contributed by atoms with Crippen LogP contribution in [-0.4, -0.2) is 76.2 Å². The molecule has 2 unspecified atom stereocenters. The van der Waals surface area contributed by atoms with Crippen molar-refractivity contribution in [2.75, 3.05) is 32.8 Å². The van der Waals surface area contributed by atoms with Gasteiger partial charge in [0.25, 0.3) is 0 Å². The number of benzene rings is 3.